The molecule has 5 heteroatoms. The Labute approximate surface area is 126 Å². The van der Waals surface area contributed by atoms with Crippen molar-refractivity contribution in [1.29, 1.82) is 0 Å². The van der Waals surface area contributed by atoms with E-state index in [1.54, 1.807) is 10.7 Å². The van der Waals surface area contributed by atoms with Gasteiger partial charge < -0.3 is 4.90 Å². The molecule has 2 heterocycles. The van der Waals surface area contributed by atoms with E-state index in [0.29, 0.717) is 0 Å². The van der Waals surface area contributed by atoms with Gasteiger partial charge in [-0.05, 0) is 11.6 Å². The van der Waals surface area contributed by atoms with Crippen molar-refractivity contribution in [2.24, 2.45) is 0 Å². The maximum atomic E-state index is 4.66. The number of fused-ring (bicyclic) bond motifs is 1. The molecule has 4 nitrogen and oxygen atoms in total. The number of hydrogen-bond acceptors (Lipinski definition) is 3. The average Bonchev–Trinajstić information content (AvgIpc) is 2.95. The van der Waals surface area contributed by atoms with Crippen molar-refractivity contribution in [2.45, 2.75) is 6.54 Å². The van der Waals surface area contributed by atoms with Gasteiger partial charge in [0, 0.05) is 30.7 Å². The molecule has 3 rings (SSSR count). The average molecular weight is 331 g/mol. The molecule has 20 heavy (non-hydrogen) atoms. The summed E-state index contributed by atoms with van der Waals surface area (Å²) in [5, 5.41) is 5.08. The maximum absolute atomic E-state index is 4.66. The summed E-state index contributed by atoms with van der Waals surface area (Å²) in [5.41, 5.74) is 2.15. The molecule has 0 spiro atoms. The summed E-state index contributed by atoms with van der Waals surface area (Å²) in [5.74, 6) is 0.973. The molecule has 1 aromatic carbocycles. The molecule has 0 unspecified atom stereocenters. The molecule has 0 radical (unpaired) electrons. The molecular weight excluding hydrogens is 316 g/mol. The van der Waals surface area contributed by atoms with E-state index >= 15 is 0 Å². The standard InChI is InChI=1S/C15H15BrN4/c16-8-11-19(12-13-4-2-1-3-5-13)14-7-10-20-15(18-14)6-9-17-20/h1-7,9-10H,8,11-12H2. The van der Waals surface area contributed by atoms with Gasteiger partial charge in [0.05, 0.1) is 6.20 Å². The van der Waals surface area contributed by atoms with Crippen molar-refractivity contribution >= 4 is 27.4 Å². The van der Waals surface area contributed by atoms with E-state index in [9.17, 15) is 0 Å². The highest BCUT2D eigenvalue weighted by Gasteiger charge is 2.09. The lowest BCUT2D eigenvalue weighted by atomic mass is 10.2. The van der Waals surface area contributed by atoms with Gasteiger partial charge in [-0.1, -0.05) is 46.3 Å². The predicted octanol–water partition coefficient (Wildman–Crippen LogP) is 3.13. The topological polar surface area (TPSA) is 33.4 Å². The molecule has 0 saturated heterocycles. The molecule has 2 aromatic heterocycles. The van der Waals surface area contributed by atoms with Gasteiger partial charge in [-0.3, -0.25) is 0 Å². The zero-order valence-electron chi connectivity index (χ0n) is 11.0. The molecule has 0 bridgehead atoms. The number of benzene rings is 1. The minimum absolute atomic E-state index is 0.851. The molecule has 102 valence electrons. The molecule has 0 amide bonds. The van der Waals surface area contributed by atoms with Crippen LogP contribution in [0.5, 0.6) is 0 Å². The van der Waals surface area contributed by atoms with Crippen molar-refractivity contribution < 1.29 is 0 Å². The van der Waals surface area contributed by atoms with E-state index in [4.69, 9.17) is 0 Å². The second kappa shape index (κ2) is 6.05. The number of aromatic nitrogens is 3. The molecule has 3 aromatic rings. The maximum Gasteiger partial charge on any atom is 0.157 e. The third-order valence-corrected chi connectivity index (χ3v) is 3.49. The monoisotopic (exact) mass is 330 g/mol. The van der Waals surface area contributed by atoms with E-state index < -0.39 is 0 Å². The van der Waals surface area contributed by atoms with Crippen LogP contribution in [0.2, 0.25) is 0 Å². The number of alkyl halides is 1. The highest BCUT2D eigenvalue weighted by molar-refractivity contribution is 9.09. The Morgan fingerprint density at radius 1 is 1.10 bits per heavy atom. The Morgan fingerprint density at radius 2 is 1.95 bits per heavy atom. The molecule has 0 fully saturated rings. The number of nitrogens with zero attached hydrogens (tertiary/aromatic N) is 4. The molecular formula is C15H15BrN4. The number of rotatable bonds is 5. The van der Waals surface area contributed by atoms with E-state index in [-0.39, 0.29) is 0 Å². The van der Waals surface area contributed by atoms with Gasteiger partial charge in [-0.15, -0.1) is 0 Å². The first-order valence-electron chi connectivity index (χ1n) is 6.52. The summed E-state index contributed by atoms with van der Waals surface area (Å²) < 4.78 is 1.78. The lowest BCUT2D eigenvalue weighted by molar-refractivity contribution is 0.814. The lowest BCUT2D eigenvalue weighted by Crippen LogP contribution is -2.25. The van der Waals surface area contributed by atoms with Crippen LogP contribution in [0.3, 0.4) is 0 Å². The van der Waals surface area contributed by atoms with Crippen LogP contribution in [0.25, 0.3) is 5.65 Å². The molecule has 0 aliphatic heterocycles. The van der Waals surface area contributed by atoms with Gasteiger partial charge in [-0.25, -0.2) is 9.50 Å². The Balaban J connectivity index is 1.89. The normalized spacial score (nSPS) is 10.8. The summed E-state index contributed by atoms with van der Waals surface area (Å²) >= 11 is 3.52. The van der Waals surface area contributed by atoms with E-state index in [2.05, 4.69) is 55.2 Å². The summed E-state index contributed by atoms with van der Waals surface area (Å²) in [6.07, 6.45) is 3.71. The molecule has 0 N–H and O–H groups in total. The van der Waals surface area contributed by atoms with Gasteiger partial charge in [-0.2, -0.15) is 5.10 Å². The number of halogens is 1. The first kappa shape index (κ1) is 13.1. The fourth-order valence-corrected chi connectivity index (χ4v) is 2.59. The Morgan fingerprint density at radius 3 is 2.75 bits per heavy atom. The lowest BCUT2D eigenvalue weighted by Gasteiger charge is -2.23. The van der Waals surface area contributed by atoms with E-state index in [0.717, 1.165) is 29.9 Å². The summed E-state index contributed by atoms with van der Waals surface area (Å²) in [4.78, 5) is 6.92. The number of anilines is 1. The molecule has 0 atom stereocenters. The third kappa shape index (κ3) is 2.82. The van der Waals surface area contributed by atoms with Crippen LogP contribution < -0.4 is 4.90 Å². The molecule has 0 aliphatic carbocycles. The summed E-state index contributed by atoms with van der Waals surface area (Å²) in [6, 6.07) is 14.4. The van der Waals surface area contributed by atoms with Crippen molar-refractivity contribution in [1.82, 2.24) is 14.6 Å². The van der Waals surface area contributed by atoms with Crippen LogP contribution >= 0.6 is 15.9 Å². The molecule has 0 aliphatic rings. The SMILES string of the molecule is BrCCN(Cc1ccccc1)c1ccn2nccc2n1. The zero-order chi connectivity index (χ0) is 13.8. The van der Waals surface area contributed by atoms with E-state index in [1.165, 1.54) is 5.56 Å². The zero-order valence-corrected chi connectivity index (χ0v) is 12.6. The minimum atomic E-state index is 0.851. The van der Waals surface area contributed by atoms with Crippen LogP contribution in [0.15, 0.2) is 54.9 Å². The fraction of sp³-hybridized carbons (Fsp3) is 0.200. The van der Waals surface area contributed by atoms with Gasteiger partial charge in [0.25, 0.3) is 0 Å². The summed E-state index contributed by atoms with van der Waals surface area (Å²) in [7, 11) is 0. The van der Waals surface area contributed by atoms with Crippen molar-refractivity contribution in [3.8, 4) is 0 Å². The Kier molecular flexibility index (Phi) is 3.97. The Hall–Kier alpha value is -1.88. The van der Waals surface area contributed by atoms with Gasteiger partial charge >= 0.3 is 0 Å². The third-order valence-electron chi connectivity index (χ3n) is 3.14. The van der Waals surface area contributed by atoms with Gasteiger partial charge in [0.2, 0.25) is 0 Å². The Bertz CT molecular complexity index is 680. The van der Waals surface area contributed by atoms with Crippen LogP contribution in [-0.4, -0.2) is 26.5 Å². The minimum Gasteiger partial charge on any atom is -0.351 e. The van der Waals surface area contributed by atoms with Crippen molar-refractivity contribution in [3.05, 3.63) is 60.4 Å². The van der Waals surface area contributed by atoms with Crippen LogP contribution in [-0.2, 0) is 6.54 Å². The smallest absolute Gasteiger partial charge is 0.157 e. The predicted molar refractivity (Wildman–Crippen MR) is 84.3 cm³/mol. The largest absolute Gasteiger partial charge is 0.351 e. The van der Waals surface area contributed by atoms with E-state index in [1.807, 2.05) is 24.4 Å². The fourth-order valence-electron chi connectivity index (χ4n) is 2.16. The first-order chi connectivity index (χ1) is 9.86. The first-order valence-corrected chi connectivity index (χ1v) is 7.64. The van der Waals surface area contributed by atoms with Gasteiger partial charge in [0.15, 0.2) is 5.65 Å². The highest BCUT2D eigenvalue weighted by atomic mass is 79.9. The number of hydrogen-bond donors (Lipinski definition) is 0. The highest BCUT2D eigenvalue weighted by Crippen LogP contribution is 2.16. The second-order valence-electron chi connectivity index (χ2n) is 4.52. The van der Waals surface area contributed by atoms with Crippen molar-refractivity contribution in [3.63, 3.8) is 0 Å². The molecule has 0 saturated carbocycles. The van der Waals surface area contributed by atoms with Crippen LogP contribution in [0.1, 0.15) is 5.56 Å². The quantitative estimate of drug-likeness (QED) is 0.674. The summed E-state index contributed by atoms with van der Waals surface area (Å²) in [6.45, 7) is 1.76. The van der Waals surface area contributed by atoms with Gasteiger partial charge in [0.1, 0.15) is 5.82 Å². The van der Waals surface area contributed by atoms with Crippen LogP contribution in [0, 0.1) is 0 Å². The van der Waals surface area contributed by atoms with Crippen LogP contribution in [0.4, 0.5) is 5.82 Å². The second-order valence-corrected chi connectivity index (χ2v) is 5.31. The van der Waals surface area contributed by atoms with Crippen molar-refractivity contribution in [2.75, 3.05) is 16.8 Å².